The zero-order valence-electron chi connectivity index (χ0n) is 13.1. The molecule has 3 fully saturated rings. The Morgan fingerprint density at radius 1 is 1.27 bits per heavy atom. The minimum atomic E-state index is 0. The number of rotatable bonds is 3. The Morgan fingerprint density at radius 3 is 2.68 bits per heavy atom. The molecule has 3 rings (SSSR count). The van der Waals surface area contributed by atoms with E-state index >= 15 is 0 Å². The van der Waals surface area contributed by atoms with E-state index in [9.17, 15) is 9.59 Å². The van der Waals surface area contributed by atoms with Gasteiger partial charge in [-0.3, -0.25) is 4.79 Å². The van der Waals surface area contributed by atoms with Gasteiger partial charge in [0, 0.05) is 32.6 Å². The third-order valence-corrected chi connectivity index (χ3v) is 5.46. The molecule has 3 aliphatic rings. The molecule has 1 unspecified atom stereocenters. The summed E-state index contributed by atoms with van der Waals surface area (Å²) < 4.78 is 0. The molecule has 0 bridgehead atoms. The summed E-state index contributed by atoms with van der Waals surface area (Å²) in [7, 11) is 0. The average Bonchev–Trinajstić information content (AvgIpc) is 2.89. The van der Waals surface area contributed by atoms with Crippen molar-refractivity contribution in [2.75, 3.05) is 32.7 Å². The van der Waals surface area contributed by atoms with Crippen LogP contribution in [-0.4, -0.2) is 60.5 Å². The van der Waals surface area contributed by atoms with Crippen molar-refractivity contribution in [2.45, 2.75) is 44.6 Å². The molecule has 3 amide bonds. The number of nitrogens with two attached hydrogens (primary N) is 1. The van der Waals surface area contributed by atoms with Gasteiger partial charge in [0.15, 0.2) is 0 Å². The number of urea groups is 1. The summed E-state index contributed by atoms with van der Waals surface area (Å²) in [6, 6.07) is 0.160. The van der Waals surface area contributed by atoms with Crippen LogP contribution in [0.15, 0.2) is 0 Å². The monoisotopic (exact) mass is 330 g/mol. The molecule has 2 saturated heterocycles. The Morgan fingerprint density at radius 2 is 2.00 bits per heavy atom. The summed E-state index contributed by atoms with van der Waals surface area (Å²) in [5, 5.41) is 2.85. The molecule has 0 radical (unpaired) electrons. The smallest absolute Gasteiger partial charge is 0.317 e. The first-order valence-electron chi connectivity index (χ1n) is 8.16. The molecule has 6 nitrogen and oxygen atoms in total. The second-order valence-electron chi connectivity index (χ2n) is 6.81. The molecular weight excluding hydrogens is 304 g/mol. The van der Waals surface area contributed by atoms with E-state index in [1.54, 1.807) is 0 Å². The maximum Gasteiger partial charge on any atom is 0.317 e. The van der Waals surface area contributed by atoms with E-state index in [0.717, 1.165) is 12.8 Å². The van der Waals surface area contributed by atoms with Crippen molar-refractivity contribution in [3.8, 4) is 0 Å². The molecule has 126 valence electrons. The fraction of sp³-hybridized carbons (Fsp3) is 0.867. The second kappa shape index (κ2) is 7.04. The number of nitrogens with zero attached hydrogens (tertiary/aromatic N) is 2. The van der Waals surface area contributed by atoms with Crippen molar-refractivity contribution < 1.29 is 9.59 Å². The molecule has 2 aliphatic heterocycles. The first-order valence-corrected chi connectivity index (χ1v) is 8.16. The zero-order valence-corrected chi connectivity index (χ0v) is 13.9. The summed E-state index contributed by atoms with van der Waals surface area (Å²) >= 11 is 0. The van der Waals surface area contributed by atoms with Gasteiger partial charge in [-0.15, -0.1) is 12.4 Å². The summed E-state index contributed by atoms with van der Waals surface area (Å²) in [5.74, 6) is 0.223. The third-order valence-electron chi connectivity index (χ3n) is 5.46. The molecule has 0 aromatic rings. The van der Waals surface area contributed by atoms with E-state index in [2.05, 4.69) is 5.32 Å². The number of halogens is 1. The van der Waals surface area contributed by atoms with Crippen molar-refractivity contribution in [3.63, 3.8) is 0 Å². The van der Waals surface area contributed by atoms with E-state index < -0.39 is 0 Å². The molecule has 1 saturated carbocycles. The average molecular weight is 331 g/mol. The lowest BCUT2D eigenvalue weighted by Gasteiger charge is -2.40. The number of fused-ring (bicyclic) bond motifs is 1. The summed E-state index contributed by atoms with van der Waals surface area (Å²) in [5.41, 5.74) is 6.01. The van der Waals surface area contributed by atoms with Crippen LogP contribution < -0.4 is 11.1 Å². The molecule has 1 aliphatic carbocycles. The van der Waals surface area contributed by atoms with E-state index in [1.807, 2.05) is 9.80 Å². The van der Waals surface area contributed by atoms with Gasteiger partial charge in [-0.25, -0.2) is 4.79 Å². The first-order chi connectivity index (χ1) is 10.1. The van der Waals surface area contributed by atoms with Gasteiger partial charge >= 0.3 is 6.03 Å². The van der Waals surface area contributed by atoms with Crippen LogP contribution in [0.3, 0.4) is 0 Å². The highest BCUT2D eigenvalue weighted by atomic mass is 35.5. The Balaban J connectivity index is 0.00000176. The lowest BCUT2D eigenvalue weighted by atomic mass is 9.71. The van der Waals surface area contributed by atoms with Gasteiger partial charge < -0.3 is 20.9 Å². The summed E-state index contributed by atoms with van der Waals surface area (Å²) in [6.45, 7) is 3.24. The fourth-order valence-electron chi connectivity index (χ4n) is 4.02. The molecule has 1 atom stereocenters. The van der Waals surface area contributed by atoms with E-state index in [0.29, 0.717) is 39.1 Å². The SMILES string of the molecule is Cl.NCC1(CC(=O)N2CCN3C(=O)NCC3C2)CCCCC1. The number of piperazine rings is 1. The van der Waals surface area contributed by atoms with E-state index in [-0.39, 0.29) is 35.8 Å². The van der Waals surface area contributed by atoms with Crippen molar-refractivity contribution >= 4 is 24.3 Å². The predicted molar refractivity (Wildman–Crippen MR) is 86.9 cm³/mol. The number of carbonyl (C=O) groups is 2. The highest BCUT2D eigenvalue weighted by Crippen LogP contribution is 2.39. The van der Waals surface area contributed by atoms with Crippen LogP contribution in [0.2, 0.25) is 0 Å². The maximum atomic E-state index is 12.6. The Labute approximate surface area is 138 Å². The van der Waals surface area contributed by atoms with Crippen LogP contribution in [0.1, 0.15) is 38.5 Å². The molecule has 2 heterocycles. The lowest BCUT2D eigenvalue weighted by molar-refractivity contribution is -0.136. The van der Waals surface area contributed by atoms with Gasteiger partial charge in [0.1, 0.15) is 0 Å². The van der Waals surface area contributed by atoms with E-state index in [1.165, 1.54) is 19.3 Å². The fourth-order valence-corrected chi connectivity index (χ4v) is 4.02. The maximum absolute atomic E-state index is 12.6. The molecule has 0 aromatic heterocycles. The van der Waals surface area contributed by atoms with Gasteiger partial charge in [0.2, 0.25) is 5.91 Å². The van der Waals surface area contributed by atoms with Crippen molar-refractivity contribution in [3.05, 3.63) is 0 Å². The Bertz CT molecular complexity index is 426. The van der Waals surface area contributed by atoms with Crippen LogP contribution in [0.4, 0.5) is 4.79 Å². The van der Waals surface area contributed by atoms with Crippen molar-refractivity contribution in [1.82, 2.24) is 15.1 Å². The number of amides is 3. The largest absolute Gasteiger partial charge is 0.339 e. The van der Waals surface area contributed by atoms with Crippen molar-refractivity contribution in [1.29, 1.82) is 0 Å². The molecule has 22 heavy (non-hydrogen) atoms. The number of hydrogen-bond donors (Lipinski definition) is 2. The first kappa shape index (κ1) is 17.3. The topological polar surface area (TPSA) is 78.7 Å². The Hall–Kier alpha value is -1.01. The highest BCUT2D eigenvalue weighted by Gasteiger charge is 2.39. The normalized spacial score (nSPS) is 27.0. The van der Waals surface area contributed by atoms with E-state index in [4.69, 9.17) is 5.73 Å². The van der Waals surface area contributed by atoms with Crippen LogP contribution >= 0.6 is 12.4 Å². The van der Waals surface area contributed by atoms with Gasteiger partial charge in [-0.05, 0) is 24.8 Å². The predicted octanol–water partition coefficient (Wildman–Crippen LogP) is 0.943. The zero-order chi connectivity index (χ0) is 14.9. The molecule has 0 spiro atoms. The molecule has 3 N–H and O–H groups in total. The van der Waals surface area contributed by atoms with Crippen LogP contribution in [-0.2, 0) is 4.79 Å². The lowest BCUT2D eigenvalue weighted by Crippen LogP contribution is -2.54. The van der Waals surface area contributed by atoms with Gasteiger partial charge in [-0.1, -0.05) is 19.3 Å². The third kappa shape index (κ3) is 3.33. The molecular formula is C15H27ClN4O2. The summed E-state index contributed by atoms with van der Waals surface area (Å²) in [4.78, 5) is 28.0. The number of nitrogens with one attached hydrogen (secondary N) is 1. The standard InChI is InChI=1S/C15H26N4O2.ClH/c16-11-15(4-2-1-3-5-15)8-13(20)18-6-7-19-12(10-18)9-17-14(19)21;/h12H,1-11,16H2,(H,17,21);1H. The van der Waals surface area contributed by atoms with Gasteiger partial charge in [0.05, 0.1) is 6.04 Å². The van der Waals surface area contributed by atoms with Crippen LogP contribution in [0, 0.1) is 5.41 Å². The number of carbonyl (C=O) groups excluding carboxylic acids is 2. The number of hydrogen-bond acceptors (Lipinski definition) is 3. The van der Waals surface area contributed by atoms with Crippen LogP contribution in [0.5, 0.6) is 0 Å². The molecule has 7 heteroatoms. The Kier molecular flexibility index (Phi) is 5.55. The molecule has 0 aromatic carbocycles. The van der Waals surface area contributed by atoms with Crippen molar-refractivity contribution in [2.24, 2.45) is 11.1 Å². The van der Waals surface area contributed by atoms with Gasteiger partial charge in [-0.2, -0.15) is 0 Å². The van der Waals surface area contributed by atoms with Gasteiger partial charge in [0.25, 0.3) is 0 Å². The second-order valence-corrected chi connectivity index (χ2v) is 6.81. The summed E-state index contributed by atoms with van der Waals surface area (Å²) in [6.07, 6.45) is 6.40. The minimum absolute atomic E-state index is 0. The highest BCUT2D eigenvalue weighted by molar-refractivity contribution is 5.85. The quantitative estimate of drug-likeness (QED) is 0.808. The minimum Gasteiger partial charge on any atom is -0.339 e. The van der Waals surface area contributed by atoms with Crippen LogP contribution in [0.25, 0.3) is 0 Å².